The Labute approximate surface area is 279 Å². The minimum Gasteiger partial charge on any atom is -0.378 e. The summed E-state index contributed by atoms with van der Waals surface area (Å²) in [5, 5.41) is 3.30. The average Bonchev–Trinajstić information content (AvgIpc) is 3.46. The maximum absolute atomic E-state index is 14.0. The summed E-state index contributed by atoms with van der Waals surface area (Å²) in [7, 11) is 1.78. The van der Waals surface area contributed by atoms with Gasteiger partial charge < -0.3 is 24.4 Å². The first kappa shape index (κ1) is 30.4. The number of anilines is 4. The van der Waals surface area contributed by atoms with Gasteiger partial charge in [0.1, 0.15) is 11.5 Å². The quantitative estimate of drug-likeness (QED) is 0.286. The van der Waals surface area contributed by atoms with Crippen molar-refractivity contribution in [1.29, 1.82) is 0 Å². The minimum absolute atomic E-state index is 0.120. The smallest absolute Gasteiger partial charge is 0.274 e. The molecule has 2 saturated heterocycles. The van der Waals surface area contributed by atoms with Gasteiger partial charge in [0.15, 0.2) is 0 Å². The predicted octanol–water partition coefficient (Wildman–Crippen LogP) is 5.42. The molecule has 1 amide bonds. The van der Waals surface area contributed by atoms with Gasteiger partial charge in [0.2, 0.25) is 0 Å². The van der Waals surface area contributed by atoms with Crippen LogP contribution in [0, 0.1) is 0 Å². The highest BCUT2D eigenvalue weighted by Gasteiger charge is 2.33. The van der Waals surface area contributed by atoms with Crippen molar-refractivity contribution in [2.45, 2.75) is 51.5 Å². The molecule has 0 atom stereocenters. The Hall–Kier alpha value is -3.99. The van der Waals surface area contributed by atoms with E-state index in [1.54, 1.807) is 23.0 Å². The van der Waals surface area contributed by atoms with E-state index in [1.165, 1.54) is 28.8 Å². The molecule has 1 N–H and O–H groups in total. The fourth-order valence-corrected chi connectivity index (χ4v) is 9.12. The van der Waals surface area contributed by atoms with E-state index in [-0.39, 0.29) is 11.5 Å². The highest BCUT2D eigenvalue weighted by molar-refractivity contribution is 7.14. The van der Waals surface area contributed by atoms with Gasteiger partial charge in [0, 0.05) is 62.1 Å². The number of fused-ring (bicyclic) bond motifs is 3. The van der Waals surface area contributed by atoms with Crippen LogP contribution in [0.1, 0.15) is 51.0 Å². The van der Waals surface area contributed by atoms with Crippen LogP contribution in [0.25, 0.3) is 11.1 Å². The molecule has 0 saturated carbocycles. The third-order valence-corrected chi connectivity index (χ3v) is 11.7. The second-order valence-electron chi connectivity index (χ2n) is 13.2. The number of aromatic nitrogens is 2. The molecule has 0 spiro atoms. The van der Waals surface area contributed by atoms with Crippen molar-refractivity contribution in [3.05, 3.63) is 85.6 Å². The Bertz CT molecular complexity index is 1870. The molecule has 1 aromatic carbocycles. The Morgan fingerprint density at radius 3 is 2.55 bits per heavy atom. The summed E-state index contributed by atoms with van der Waals surface area (Å²) in [6, 6.07) is 12.7. The molecule has 0 unspecified atom stereocenters. The largest absolute Gasteiger partial charge is 0.378 e. The Morgan fingerprint density at radius 1 is 0.979 bits per heavy atom. The molecule has 47 heavy (non-hydrogen) atoms. The molecule has 4 aromatic rings. The normalized spacial score (nSPS) is 18.6. The summed E-state index contributed by atoms with van der Waals surface area (Å²) in [6.45, 7) is 8.52. The average molecular weight is 651 g/mol. The molecule has 2 fully saturated rings. The van der Waals surface area contributed by atoms with Crippen LogP contribution in [0.15, 0.2) is 53.6 Å². The first-order valence-electron chi connectivity index (χ1n) is 17.1. The number of aryl methyl sites for hydroxylation is 2. The van der Waals surface area contributed by atoms with Crippen LogP contribution in [0.4, 0.5) is 22.9 Å². The lowest BCUT2D eigenvalue weighted by Gasteiger charge is -2.43. The number of ether oxygens (including phenoxy) is 1. The summed E-state index contributed by atoms with van der Waals surface area (Å²) in [4.78, 5) is 41.2. The highest BCUT2D eigenvalue weighted by atomic mass is 32.1. The van der Waals surface area contributed by atoms with E-state index >= 15 is 0 Å². The standard InChI is InChI=1S/C37H42N6O3S/c1-3-27-28(8-6-9-32(27)43-14-13-30-29-7-4-5-10-33(29)47-35(30)37(43)45)24-19-31(36(44)40(2)21-24)39-34-12-11-25(20-38-34)41-15-17-42(18-16-41)26-22-46-23-26/h6,8-9,11-12,19-21,26H,3-5,7,10,13-18,22-23H2,1-2H3,(H,38,39). The Morgan fingerprint density at radius 2 is 1.81 bits per heavy atom. The fraction of sp³-hybridized carbons (Fsp3) is 0.432. The number of piperazine rings is 1. The number of carbonyl (C=O) groups excluding carboxylic acids is 1. The van der Waals surface area contributed by atoms with Crippen molar-refractivity contribution in [3.63, 3.8) is 0 Å². The Balaban J connectivity index is 1.04. The molecular weight excluding hydrogens is 609 g/mol. The van der Waals surface area contributed by atoms with Crippen molar-refractivity contribution < 1.29 is 9.53 Å². The van der Waals surface area contributed by atoms with Crippen molar-refractivity contribution in [2.24, 2.45) is 7.05 Å². The van der Waals surface area contributed by atoms with E-state index in [9.17, 15) is 9.59 Å². The second kappa shape index (κ2) is 12.6. The number of nitrogens with zero attached hydrogens (tertiary/aromatic N) is 5. The van der Waals surface area contributed by atoms with Crippen LogP contribution >= 0.6 is 11.3 Å². The molecular formula is C37H42N6O3S. The number of benzene rings is 1. The monoisotopic (exact) mass is 650 g/mol. The van der Waals surface area contributed by atoms with Gasteiger partial charge in [-0.25, -0.2) is 4.98 Å². The number of amides is 1. The number of carbonyl (C=O) groups is 1. The number of hydrogen-bond acceptors (Lipinski definition) is 8. The van der Waals surface area contributed by atoms with Gasteiger partial charge >= 0.3 is 0 Å². The molecule has 0 bridgehead atoms. The van der Waals surface area contributed by atoms with Gasteiger partial charge in [-0.05, 0) is 85.0 Å². The van der Waals surface area contributed by atoms with E-state index in [4.69, 9.17) is 4.74 Å². The summed E-state index contributed by atoms with van der Waals surface area (Å²) in [6.07, 6.45) is 10.1. The minimum atomic E-state index is -0.120. The highest BCUT2D eigenvalue weighted by Crippen LogP contribution is 2.40. The number of rotatable bonds is 7. The summed E-state index contributed by atoms with van der Waals surface area (Å²) in [5.41, 5.74) is 8.24. The van der Waals surface area contributed by atoms with Gasteiger partial charge in [-0.15, -0.1) is 11.3 Å². The maximum Gasteiger partial charge on any atom is 0.274 e. The number of nitrogens with one attached hydrogen (secondary N) is 1. The van der Waals surface area contributed by atoms with Crippen LogP contribution in [-0.2, 0) is 37.5 Å². The van der Waals surface area contributed by atoms with Gasteiger partial charge in [-0.2, -0.15) is 0 Å². The van der Waals surface area contributed by atoms with E-state index in [0.717, 1.165) is 98.0 Å². The van der Waals surface area contributed by atoms with Crippen LogP contribution < -0.4 is 20.7 Å². The summed E-state index contributed by atoms with van der Waals surface area (Å²) >= 11 is 1.73. The third-order valence-electron chi connectivity index (χ3n) is 10.4. The van der Waals surface area contributed by atoms with Gasteiger partial charge in [0.05, 0.1) is 36.0 Å². The van der Waals surface area contributed by atoms with Gasteiger partial charge in [0.25, 0.3) is 11.5 Å². The predicted molar refractivity (Wildman–Crippen MR) is 189 cm³/mol. The lowest BCUT2D eigenvalue weighted by molar-refractivity contribution is -0.0660. The van der Waals surface area contributed by atoms with Gasteiger partial charge in [-0.1, -0.05) is 19.1 Å². The Kier molecular flexibility index (Phi) is 8.11. The molecule has 3 aromatic heterocycles. The summed E-state index contributed by atoms with van der Waals surface area (Å²) < 4.78 is 6.99. The third kappa shape index (κ3) is 5.56. The van der Waals surface area contributed by atoms with E-state index in [0.29, 0.717) is 24.1 Å². The van der Waals surface area contributed by atoms with Crippen molar-refractivity contribution in [1.82, 2.24) is 14.5 Å². The molecule has 10 heteroatoms. The van der Waals surface area contributed by atoms with Crippen molar-refractivity contribution in [3.8, 4) is 11.1 Å². The molecule has 3 aliphatic heterocycles. The second-order valence-corrected chi connectivity index (χ2v) is 14.3. The van der Waals surface area contributed by atoms with E-state index in [1.807, 2.05) is 35.5 Å². The van der Waals surface area contributed by atoms with E-state index in [2.05, 4.69) is 45.2 Å². The van der Waals surface area contributed by atoms with Crippen LogP contribution in [0.2, 0.25) is 0 Å². The molecule has 6 heterocycles. The molecule has 1 aliphatic carbocycles. The molecule has 9 nitrogen and oxygen atoms in total. The number of hydrogen-bond donors (Lipinski definition) is 1. The zero-order chi connectivity index (χ0) is 32.1. The number of thiophene rings is 1. The van der Waals surface area contributed by atoms with E-state index < -0.39 is 0 Å². The zero-order valence-corrected chi connectivity index (χ0v) is 28.1. The zero-order valence-electron chi connectivity index (χ0n) is 27.3. The SMILES string of the molecule is CCc1c(-c2cc(Nc3ccc(N4CCN(C5COC5)CC4)cn3)c(=O)n(C)c2)cccc1N1CCc2c(sc3c2CCCC3)C1=O. The first-order valence-corrected chi connectivity index (χ1v) is 17.9. The topological polar surface area (TPSA) is 82.9 Å². The van der Waals surface area contributed by atoms with Crippen molar-refractivity contribution >= 4 is 40.1 Å². The van der Waals surface area contributed by atoms with Crippen LogP contribution in [-0.4, -0.2) is 72.3 Å². The number of pyridine rings is 2. The lowest BCUT2D eigenvalue weighted by Crippen LogP contribution is -2.56. The fourth-order valence-electron chi connectivity index (χ4n) is 7.73. The summed E-state index contributed by atoms with van der Waals surface area (Å²) in [5.74, 6) is 0.760. The van der Waals surface area contributed by atoms with Crippen molar-refractivity contribution in [2.75, 3.05) is 61.1 Å². The van der Waals surface area contributed by atoms with Gasteiger partial charge in [-0.3, -0.25) is 14.5 Å². The van der Waals surface area contributed by atoms with Crippen LogP contribution in [0.3, 0.4) is 0 Å². The lowest BCUT2D eigenvalue weighted by atomic mass is 9.91. The van der Waals surface area contributed by atoms with Crippen LogP contribution in [0.5, 0.6) is 0 Å². The molecule has 0 radical (unpaired) electrons. The molecule has 4 aliphatic rings. The molecule has 8 rings (SSSR count). The first-order chi connectivity index (χ1) is 23.0. The maximum atomic E-state index is 14.0. The molecule has 244 valence electrons.